The second kappa shape index (κ2) is 9.65. The number of amides is 2. The highest BCUT2D eigenvalue weighted by Crippen LogP contribution is 2.12. The van der Waals surface area contributed by atoms with Gasteiger partial charge in [-0.2, -0.15) is 4.31 Å². The van der Waals surface area contributed by atoms with Gasteiger partial charge in [0.1, 0.15) is 0 Å². The Morgan fingerprint density at radius 3 is 2.63 bits per heavy atom. The van der Waals surface area contributed by atoms with E-state index >= 15 is 0 Å². The maximum absolute atomic E-state index is 12.3. The molecule has 0 bridgehead atoms. The summed E-state index contributed by atoms with van der Waals surface area (Å²) in [5.74, 6) is -0.362. The number of nitrogens with one attached hydrogen (secondary N) is 1. The minimum atomic E-state index is -3.55. The van der Waals surface area contributed by atoms with Crippen LogP contribution in [0.4, 0.5) is 4.79 Å². The van der Waals surface area contributed by atoms with Gasteiger partial charge in [-0.05, 0) is 31.4 Å². The molecule has 1 aromatic rings. The molecule has 1 aliphatic rings. The van der Waals surface area contributed by atoms with Crippen molar-refractivity contribution in [2.45, 2.75) is 32.4 Å². The number of carbonyl (C=O) groups is 2. The first-order chi connectivity index (χ1) is 12.8. The SMILES string of the molecule is CCOC(=O)N1CCC(NC(=O)CN(Cc2cccnc2)S(C)(=O)=O)CC1. The summed E-state index contributed by atoms with van der Waals surface area (Å²) in [6, 6.07) is 3.38. The lowest BCUT2D eigenvalue weighted by molar-refractivity contribution is -0.122. The molecule has 0 aromatic carbocycles. The molecule has 2 amide bonds. The van der Waals surface area contributed by atoms with E-state index in [0.29, 0.717) is 38.1 Å². The first kappa shape index (κ1) is 21.1. The van der Waals surface area contributed by atoms with E-state index in [1.165, 1.54) is 0 Å². The molecular weight excluding hydrogens is 372 g/mol. The molecule has 1 aromatic heterocycles. The number of carbonyl (C=O) groups excluding carboxylic acids is 2. The van der Waals surface area contributed by atoms with Gasteiger partial charge in [-0.3, -0.25) is 9.78 Å². The number of rotatable bonds is 7. The summed E-state index contributed by atoms with van der Waals surface area (Å²) >= 11 is 0. The first-order valence-electron chi connectivity index (χ1n) is 8.84. The van der Waals surface area contributed by atoms with Gasteiger partial charge in [-0.15, -0.1) is 0 Å². The zero-order valence-electron chi connectivity index (χ0n) is 15.6. The van der Waals surface area contributed by atoms with Crippen LogP contribution in [0.15, 0.2) is 24.5 Å². The monoisotopic (exact) mass is 398 g/mol. The smallest absolute Gasteiger partial charge is 0.409 e. The third-order valence-corrected chi connectivity index (χ3v) is 5.45. The molecule has 0 spiro atoms. The number of hydrogen-bond acceptors (Lipinski definition) is 6. The number of hydrogen-bond donors (Lipinski definition) is 1. The van der Waals surface area contributed by atoms with E-state index < -0.39 is 10.0 Å². The Kier molecular flexibility index (Phi) is 7.55. The predicted octanol–water partition coefficient (Wildman–Crippen LogP) is 0.580. The van der Waals surface area contributed by atoms with Crippen LogP contribution in [0.1, 0.15) is 25.3 Å². The average Bonchev–Trinajstić information content (AvgIpc) is 2.62. The van der Waals surface area contributed by atoms with Crippen LogP contribution in [0.5, 0.6) is 0 Å². The van der Waals surface area contributed by atoms with E-state index in [-0.39, 0.29) is 31.1 Å². The van der Waals surface area contributed by atoms with Crippen LogP contribution in [0.2, 0.25) is 0 Å². The Morgan fingerprint density at radius 2 is 2.07 bits per heavy atom. The maximum Gasteiger partial charge on any atom is 0.409 e. The molecule has 0 unspecified atom stereocenters. The predicted molar refractivity (Wildman–Crippen MR) is 99.3 cm³/mol. The van der Waals surface area contributed by atoms with Crippen LogP contribution in [0.25, 0.3) is 0 Å². The van der Waals surface area contributed by atoms with Crippen LogP contribution in [0, 0.1) is 0 Å². The molecule has 0 saturated carbocycles. The lowest BCUT2D eigenvalue weighted by atomic mass is 10.1. The quantitative estimate of drug-likeness (QED) is 0.720. The zero-order valence-corrected chi connectivity index (χ0v) is 16.4. The summed E-state index contributed by atoms with van der Waals surface area (Å²) < 4.78 is 30.1. The van der Waals surface area contributed by atoms with Crippen molar-refractivity contribution in [1.29, 1.82) is 0 Å². The second-order valence-corrected chi connectivity index (χ2v) is 8.40. The number of nitrogens with zero attached hydrogens (tertiary/aromatic N) is 3. The van der Waals surface area contributed by atoms with Gasteiger partial charge in [0, 0.05) is 38.1 Å². The molecule has 1 aliphatic heterocycles. The molecule has 150 valence electrons. The fraction of sp³-hybridized carbons (Fsp3) is 0.588. The van der Waals surface area contributed by atoms with Gasteiger partial charge in [0.25, 0.3) is 0 Å². The fourth-order valence-electron chi connectivity index (χ4n) is 2.84. The Morgan fingerprint density at radius 1 is 1.37 bits per heavy atom. The van der Waals surface area contributed by atoms with Crippen molar-refractivity contribution in [3.05, 3.63) is 30.1 Å². The molecule has 27 heavy (non-hydrogen) atoms. The van der Waals surface area contributed by atoms with Crippen molar-refractivity contribution < 1.29 is 22.7 Å². The summed E-state index contributed by atoms with van der Waals surface area (Å²) in [6.45, 7) is 2.90. The van der Waals surface area contributed by atoms with E-state index in [2.05, 4.69) is 10.3 Å². The third kappa shape index (κ3) is 6.79. The number of aromatic nitrogens is 1. The lowest BCUT2D eigenvalue weighted by Gasteiger charge is -2.32. The van der Waals surface area contributed by atoms with Crippen LogP contribution < -0.4 is 5.32 Å². The molecule has 0 radical (unpaired) electrons. The van der Waals surface area contributed by atoms with Crippen LogP contribution in [-0.4, -0.2) is 73.1 Å². The van der Waals surface area contributed by atoms with Gasteiger partial charge in [0.05, 0.1) is 19.4 Å². The Bertz CT molecular complexity index is 733. The van der Waals surface area contributed by atoms with Crippen LogP contribution >= 0.6 is 0 Å². The van der Waals surface area contributed by atoms with E-state index in [4.69, 9.17) is 4.74 Å². The molecule has 1 fully saturated rings. The van der Waals surface area contributed by atoms with Gasteiger partial charge in [-0.25, -0.2) is 13.2 Å². The van der Waals surface area contributed by atoms with Gasteiger partial charge in [0.2, 0.25) is 15.9 Å². The fourth-order valence-corrected chi connectivity index (χ4v) is 3.58. The highest BCUT2D eigenvalue weighted by Gasteiger charge is 2.26. The molecule has 0 aliphatic carbocycles. The summed E-state index contributed by atoms with van der Waals surface area (Å²) in [7, 11) is -3.55. The Balaban J connectivity index is 1.86. The van der Waals surface area contributed by atoms with Crippen molar-refractivity contribution in [3.63, 3.8) is 0 Å². The summed E-state index contributed by atoms with van der Waals surface area (Å²) in [6.07, 6.45) is 5.11. The zero-order chi connectivity index (χ0) is 19.9. The van der Waals surface area contributed by atoms with E-state index in [1.54, 1.807) is 36.4 Å². The number of sulfonamides is 1. The summed E-state index contributed by atoms with van der Waals surface area (Å²) in [4.78, 5) is 29.6. The van der Waals surface area contributed by atoms with Gasteiger partial charge in [0.15, 0.2) is 0 Å². The average molecular weight is 398 g/mol. The minimum absolute atomic E-state index is 0.0847. The van der Waals surface area contributed by atoms with Gasteiger partial charge < -0.3 is 15.0 Å². The van der Waals surface area contributed by atoms with Gasteiger partial charge in [-0.1, -0.05) is 6.07 Å². The van der Waals surface area contributed by atoms with Crippen LogP contribution in [0.3, 0.4) is 0 Å². The highest BCUT2D eigenvalue weighted by molar-refractivity contribution is 7.88. The molecular formula is C17H26N4O5S. The van der Waals surface area contributed by atoms with Crippen molar-refractivity contribution >= 4 is 22.0 Å². The lowest BCUT2D eigenvalue weighted by Crippen LogP contribution is -2.49. The molecule has 10 heteroatoms. The number of ether oxygens (including phenoxy) is 1. The first-order valence-corrected chi connectivity index (χ1v) is 10.7. The Hall–Kier alpha value is -2.20. The third-order valence-electron chi connectivity index (χ3n) is 4.26. The number of piperidine rings is 1. The standard InChI is InChI=1S/C17H26N4O5S/c1-3-26-17(23)20-9-6-15(7-10-20)19-16(22)13-21(27(2,24)25)12-14-5-4-8-18-11-14/h4-5,8,11,15H,3,6-7,9-10,12-13H2,1-2H3,(H,19,22). The molecule has 2 heterocycles. The highest BCUT2D eigenvalue weighted by atomic mass is 32.2. The molecule has 9 nitrogen and oxygen atoms in total. The molecule has 1 N–H and O–H groups in total. The van der Waals surface area contributed by atoms with Crippen molar-refractivity contribution in [1.82, 2.24) is 19.5 Å². The summed E-state index contributed by atoms with van der Waals surface area (Å²) in [5, 5.41) is 2.86. The topological polar surface area (TPSA) is 109 Å². The van der Waals surface area contributed by atoms with E-state index in [1.807, 2.05) is 0 Å². The summed E-state index contributed by atoms with van der Waals surface area (Å²) in [5.41, 5.74) is 0.707. The normalized spacial score (nSPS) is 15.6. The number of likely N-dealkylation sites (tertiary alicyclic amines) is 1. The van der Waals surface area contributed by atoms with Crippen LogP contribution in [-0.2, 0) is 26.1 Å². The van der Waals surface area contributed by atoms with Crippen molar-refractivity contribution in [3.8, 4) is 0 Å². The maximum atomic E-state index is 12.3. The van der Waals surface area contributed by atoms with Gasteiger partial charge >= 0.3 is 6.09 Å². The molecule has 1 saturated heterocycles. The largest absolute Gasteiger partial charge is 0.450 e. The Labute approximate surface area is 159 Å². The van der Waals surface area contributed by atoms with Crippen molar-refractivity contribution in [2.75, 3.05) is 32.5 Å². The molecule has 0 atom stereocenters. The minimum Gasteiger partial charge on any atom is -0.450 e. The van der Waals surface area contributed by atoms with E-state index in [0.717, 1.165) is 10.6 Å². The van der Waals surface area contributed by atoms with Crippen molar-refractivity contribution in [2.24, 2.45) is 0 Å². The van der Waals surface area contributed by atoms with E-state index in [9.17, 15) is 18.0 Å². The number of pyridine rings is 1. The molecule has 2 rings (SSSR count). The second-order valence-electron chi connectivity index (χ2n) is 6.42.